The van der Waals surface area contributed by atoms with Gasteiger partial charge >= 0.3 is 5.97 Å². The molecule has 0 amide bonds. The Morgan fingerprint density at radius 3 is 2.52 bits per heavy atom. The zero-order chi connectivity index (χ0) is 18.6. The Hall–Kier alpha value is -1.45. The van der Waals surface area contributed by atoms with Crippen LogP contribution in [0.4, 0.5) is 0 Å². The van der Waals surface area contributed by atoms with Crippen LogP contribution in [0.2, 0.25) is 0 Å². The van der Waals surface area contributed by atoms with Crippen LogP contribution < -0.4 is 0 Å². The van der Waals surface area contributed by atoms with Crippen LogP contribution in [0.15, 0.2) is 11.6 Å². The molecule has 0 heterocycles. The lowest BCUT2D eigenvalue weighted by Gasteiger charge is -2.60. The minimum atomic E-state index is -0.555. The number of ether oxygens (including phenoxy) is 1. The molecule has 0 N–H and O–H groups in total. The summed E-state index contributed by atoms with van der Waals surface area (Å²) in [6.07, 6.45) is 5.41. The summed E-state index contributed by atoms with van der Waals surface area (Å²) in [5, 5.41) is 0. The number of rotatable bonds is 1. The Bertz CT molecular complexity index is 644. The van der Waals surface area contributed by atoms with E-state index in [1.807, 2.05) is 13.8 Å². The molecule has 4 heteroatoms. The van der Waals surface area contributed by atoms with Gasteiger partial charge in [0.15, 0.2) is 0 Å². The Balaban J connectivity index is 1.95. The first kappa shape index (κ1) is 18.3. The first-order chi connectivity index (χ1) is 11.6. The maximum Gasteiger partial charge on any atom is 0.330 e. The minimum Gasteiger partial charge on any atom is -0.466 e. The normalized spacial score (nSPS) is 41.9. The van der Waals surface area contributed by atoms with Crippen molar-refractivity contribution in [1.29, 1.82) is 0 Å². The minimum absolute atomic E-state index is 0.109. The standard InChI is InChI=1S/C21H30O4/c1-12-13(10-18(24)25-5)6-7-15-14(12)11-16(22)19-20(2,3)17(23)8-9-21(15,19)4/h10,12,14-15,19H,6-9,11H2,1-5H3/b13-10+/t12-,14-,15-,19-,21+/m0/s1. The fourth-order valence-corrected chi connectivity index (χ4v) is 6.29. The monoisotopic (exact) mass is 346 g/mol. The average molecular weight is 346 g/mol. The van der Waals surface area contributed by atoms with Gasteiger partial charge in [0.05, 0.1) is 7.11 Å². The third kappa shape index (κ3) is 2.69. The number of fused-ring (bicyclic) bond motifs is 3. The third-order valence-corrected chi connectivity index (χ3v) is 7.59. The van der Waals surface area contributed by atoms with Crippen molar-refractivity contribution >= 4 is 17.5 Å². The van der Waals surface area contributed by atoms with Crippen molar-refractivity contribution in [2.24, 2.45) is 34.5 Å². The van der Waals surface area contributed by atoms with E-state index in [0.717, 1.165) is 24.8 Å². The number of allylic oxidation sites excluding steroid dienone is 1. The number of Topliss-reactive ketones (excluding diaryl/α,β-unsaturated/α-hetero) is 2. The van der Waals surface area contributed by atoms with Crippen LogP contribution in [0.5, 0.6) is 0 Å². The first-order valence-electron chi connectivity index (χ1n) is 9.47. The quantitative estimate of drug-likeness (QED) is 0.536. The molecule has 25 heavy (non-hydrogen) atoms. The van der Waals surface area contributed by atoms with Gasteiger partial charge < -0.3 is 4.74 Å². The van der Waals surface area contributed by atoms with E-state index in [9.17, 15) is 14.4 Å². The molecule has 0 spiro atoms. The fourth-order valence-electron chi connectivity index (χ4n) is 6.29. The number of hydrogen-bond donors (Lipinski definition) is 0. The molecule has 138 valence electrons. The van der Waals surface area contributed by atoms with Crippen molar-refractivity contribution in [2.75, 3.05) is 7.11 Å². The van der Waals surface area contributed by atoms with Crippen molar-refractivity contribution in [3.63, 3.8) is 0 Å². The summed E-state index contributed by atoms with van der Waals surface area (Å²) in [6, 6.07) is 0. The molecule has 5 atom stereocenters. The molecule has 3 saturated carbocycles. The summed E-state index contributed by atoms with van der Waals surface area (Å²) in [7, 11) is 1.40. The molecular formula is C21H30O4. The summed E-state index contributed by atoms with van der Waals surface area (Å²) < 4.78 is 4.78. The predicted molar refractivity (Wildman–Crippen MR) is 94.7 cm³/mol. The third-order valence-electron chi connectivity index (χ3n) is 7.59. The lowest BCUT2D eigenvalue weighted by atomic mass is 9.43. The second-order valence-corrected chi connectivity index (χ2v) is 9.09. The predicted octanol–water partition coefficient (Wildman–Crippen LogP) is 3.73. The van der Waals surface area contributed by atoms with E-state index in [1.54, 1.807) is 6.08 Å². The molecule has 0 saturated heterocycles. The van der Waals surface area contributed by atoms with E-state index in [0.29, 0.717) is 18.8 Å². The molecule has 3 aliphatic carbocycles. The van der Waals surface area contributed by atoms with Crippen LogP contribution in [0, 0.1) is 34.5 Å². The molecule has 3 fully saturated rings. The maximum atomic E-state index is 13.1. The van der Waals surface area contributed by atoms with Crippen molar-refractivity contribution in [1.82, 2.24) is 0 Å². The summed E-state index contributed by atoms with van der Waals surface area (Å²) >= 11 is 0. The summed E-state index contributed by atoms with van der Waals surface area (Å²) in [4.78, 5) is 37.3. The van der Waals surface area contributed by atoms with Crippen molar-refractivity contribution in [3.05, 3.63) is 11.6 Å². The van der Waals surface area contributed by atoms with Gasteiger partial charge in [0.25, 0.3) is 0 Å². The van der Waals surface area contributed by atoms with Gasteiger partial charge in [0, 0.05) is 30.3 Å². The SMILES string of the molecule is COC(=O)/C=C1\CC[C@H]2[C@@H](CC(=O)[C@H]3C(C)(C)C(=O)CC[C@]23C)[C@H]1C. The number of methoxy groups -OCH3 is 1. The highest BCUT2D eigenvalue weighted by molar-refractivity contribution is 5.95. The van der Waals surface area contributed by atoms with Gasteiger partial charge in [0.1, 0.15) is 11.6 Å². The molecule has 0 unspecified atom stereocenters. The van der Waals surface area contributed by atoms with Crippen LogP contribution in [0.25, 0.3) is 0 Å². The van der Waals surface area contributed by atoms with Gasteiger partial charge in [-0.1, -0.05) is 33.3 Å². The molecule has 0 aromatic carbocycles. The highest BCUT2D eigenvalue weighted by Crippen LogP contribution is 2.62. The Morgan fingerprint density at radius 2 is 1.88 bits per heavy atom. The molecular weight excluding hydrogens is 316 g/mol. The Morgan fingerprint density at radius 1 is 1.20 bits per heavy atom. The molecule has 0 aliphatic heterocycles. The molecule has 0 radical (unpaired) electrons. The van der Waals surface area contributed by atoms with Gasteiger partial charge in [0.2, 0.25) is 0 Å². The second kappa shape index (κ2) is 6.07. The zero-order valence-corrected chi connectivity index (χ0v) is 16.1. The molecule has 0 aromatic heterocycles. The summed E-state index contributed by atoms with van der Waals surface area (Å²) in [6.45, 7) is 8.30. The van der Waals surface area contributed by atoms with Crippen LogP contribution >= 0.6 is 0 Å². The van der Waals surface area contributed by atoms with Gasteiger partial charge in [-0.05, 0) is 42.4 Å². The lowest BCUT2D eigenvalue weighted by Crippen LogP contribution is -2.60. The summed E-state index contributed by atoms with van der Waals surface area (Å²) in [5.74, 6) is 0.914. The van der Waals surface area contributed by atoms with Crippen molar-refractivity contribution in [2.45, 2.75) is 59.8 Å². The van der Waals surface area contributed by atoms with E-state index in [2.05, 4.69) is 13.8 Å². The van der Waals surface area contributed by atoms with Crippen molar-refractivity contribution < 1.29 is 19.1 Å². The van der Waals surface area contributed by atoms with Crippen LogP contribution in [0.1, 0.15) is 59.8 Å². The number of ketones is 2. The topological polar surface area (TPSA) is 60.4 Å². The zero-order valence-electron chi connectivity index (χ0n) is 16.1. The van der Waals surface area contributed by atoms with Gasteiger partial charge in [-0.25, -0.2) is 4.79 Å². The lowest BCUT2D eigenvalue weighted by molar-refractivity contribution is -0.167. The average Bonchev–Trinajstić information content (AvgIpc) is 2.54. The van der Waals surface area contributed by atoms with E-state index < -0.39 is 5.41 Å². The fraction of sp³-hybridized carbons (Fsp3) is 0.762. The number of hydrogen-bond acceptors (Lipinski definition) is 4. The second-order valence-electron chi connectivity index (χ2n) is 9.09. The van der Waals surface area contributed by atoms with Gasteiger partial charge in [-0.15, -0.1) is 0 Å². The number of carbonyl (C=O) groups is 3. The molecule has 4 nitrogen and oxygen atoms in total. The highest BCUT2D eigenvalue weighted by atomic mass is 16.5. The maximum absolute atomic E-state index is 13.1. The first-order valence-corrected chi connectivity index (χ1v) is 9.47. The van der Waals surface area contributed by atoms with Crippen LogP contribution in [0.3, 0.4) is 0 Å². The van der Waals surface area contributed by atoms with Gasteiger partial charge in [-0.2, -0.15) is 0 Å². The van der Waals surface area contributed by atoms with E-state index in [-0.39, 0.29) is 40.7 Å². The van der Waals surface area contributed by atoms with E-state index in [1.165, 1.54) is 7.11 Å². The molecule has 3 aliphatic rings. The molecule has 0 bridgehead atoms. The Kier molecular flexibility index (Phi) is 4.45. The van der Waals surface area contributed by atoms with E-state index in [4.69, 9.17) is 4.74 Å². The smallest absolute Gasteiger partial charge is 0.330 e. The van der Waals surface area contributed by atoms with Crippen LogP contribution in [-0.2, 0) is 19.1 Å². The summed E-state index contributed by atoms with van der Waals surface area (Å²) in [5.41, 5.74) is 0.442. The van der Waals surface area contributed by atoms with Crippen LogP contribution in [-0.4, -0.2) is 24.6 Å². The Labute approximate surface area is 150 Å². The number of carbonyl (C=O) groups excluding carboxylic acids is 3. The van der Waals surface area contributed by atoms with Gasteiger partial charge in [-0.3, -0.25) is 9.59 Å². The van der Waals surface area contributed by atoms with E-state index >= 15 is 0 Å². The molecule has 0 aromatic rings. The molecule has 3 rings (SSSR count). The number of esters is 1. The largest absolute Gasteiger partial charge is 0.466 e. The van der Waals surface area contributed by atoms with Crippen molar-refractivity contribution in [3.8, 4) is 0 Å². The highest BCUT2D eigenvalue weighted by Gasteiger charge is 2.62.